The second-order valence-electron chi connectivity index (χ2n) is 4.75. The fraction of sp³-hybridized carbons (Fsp3) is 0.462. The highest BCUT2D eigenvalue weighted by atomic mass is 79.9. The third kappa shape index (κ3) is 3.23. The highest BCUT2D eigenvalue weighted by Crippen LogP contribution is 2.48. The van der Waals surface area contributed by atoms with Gasteiger partial charge in [-0.15, -0.1) is 11.6 Å². The molecule has 0 aromatic heterocycles. The Kier molecular flexibility index (Phi) is 4.28. The molecule has 0 saturated heterocycles. The summed E-state index contributed by atoms with van der Waals surface area (Å²) in [4.78, 5) is 11.9. The van der Waals surface area contributed by atoms with Gasteiger partial charge >= 0.3 is 0 Å². The summed E-state index contributed by atoms with van der Waals surface area (Å²) in [5.74, 6) is -0.271. The molecule has 1 aromatic carbocycles. The van der Waals surface area contributed by atoms with Crippen molar-refractivity contribution in [3.63, 3.8) is 0 Å². The minimum atomic E-state index is -0.510. The van der Waals surface area contributed by atoms with Crippen LogP contribution in [0.2, 0.25) is 0 Å². The van der Waals surface area contributed by atoms with Crippen LogP contribution in [0.5, 0.6) is 0 Å². The average molecular weight is 335 g/mol. The predicted octanol–water partition coefficient (Wildman–Crippen LogP) is 3.73. The molecular weight excluding hydrogens is 321 g/mol. The lowest BCUT2D eigenvalue weighted by atomic mass is 10.0. The van der Waals surface area contributed by atoms with Crippen LogP contribution in [-0.2, 0) is 0 Å². The number of carbonyl (C=O) groups is 1. The number of hydrogen-bond donors (Lipinski definition) is 1. The van der Waals surface area contributed by atoms with Crippen LogP contribution in [0.25, 0.3) is 0 Å². The molecule has 1 aliphatic rings. The summed E-state index contributed by atoms with van der Waals surface area (Å²) in [6.45, 7) is 0.577. The van der Waals surface area contributed by atoms with Gasteiger partial charge in [-0.1, -0.05) is 15.9 Å². The van der Waals surface area contributed by atoms with Crippen LogP contribution >= 0.6 is 27.5 Å². The van der Waals surface area contributed by atoms with Crippen LogP contribution in [0.1, 0.15) is 29.6 Å². The fourth-order valence-electron chi connectivity index (χ4n) is 1.93. The van der Waals surface area contributed by atoms with Crippen molar-refractivity contribution in [3.8, 4) is 0 Å². The molecule has 1 fully saturated rings. The van der Waals surface area contributed by atoms with Gasteiger partial charge in [0.25, 0.3) is 5.91 Å². The summed E-state index contributed by atoms with van der Waals surface area (Å²) in [5.41, 5.74) is 0.239. The van der Waals surface area contributed by atoms with E-state index in [-0.39, 0.29) is 16.9 Å². The van der Waals surface area contributed by atoms with Crippen LogP contribution in [-0.4, -0.2) is 18.3 Å². The number of halogens is 3. The number of rotatable bonds is 5. The van der Waals surface area contributed by atoms with E-state index in [4.69, 9.17) is 11.6 Å². The Morgan fingerprint density at radius 3 is 2.78 bits per heavy atom. The van der Waals surface area contributed by atoms with Crippen molar-refractivity contribution in [2.45, 2.75) is 19.3 Å². The fourth-order valence-corrected chi connectivity index (χ4v) is 2.66. The molecule has 0 aliphatic heterocycles. The van der Waals surface area contributed by atoms with E-state index in [9.17, 15) is 9.18 Å². The molecule has 98 valence electrons. The molecule has 5 heteroatoms. The second-order valence-corrected chi connectivity index (χ2v) is 6.04. The van der Waals surface area contributed by atoms with Gasteiger partial charge in [-0.2, -0.15) is 0 Å². The van der Waals surface area contributed by atoms with E-state index in [1.54, 1.807) is 6.07 Å². The molecule has 1 N–H and O–H groups in total. The molecule has 1 aromatic rings. The number of alkyl halides is 1. The molecule has 18 heavy (non-hydrogen) atoms. The minimum Gasteiger partial charge on any atom is -0.351 e. The summed E-state index contributed by atoms with van der Waals surface area (Å²) in [5, 5.41) is 2.79. The number of hydrogen-bond acceptors (Lipinski definition) is 1. The Morgan fingerprint density at radius 2 is 2.22 bits per heavy atom. The van der Waals surface area contributed by atoms with Crippen LogP contribution in [0.3, 0.4) is 0 Å². The first-order chi connectivity index (χ1) is 8.56. The molecule has 0 heterocycles. The maximum Gasteiger partial charge on any atom is 0.254 e. The molecular formula is C13H14BrClFNO. The van der Waals surface area contributed by atoms with Crippen molar-refractivity contribution in [3.05, 3.63) is 34.1 Å². The van der Waals surface area contributed by atoms with Gasteiger partial charge < -0.3 is 5.32 Å². The lowest BCUT2D eigenvalue weighted by Crippen LogP contribution is -2.31. The van der Waals surface area contributed by atoms with Gasteiger partial charge in [-0.25, -0.2) is 4.39 Å². The van der Waals surface area contributed by atoms with E-state index in [0.29, 0.717) is 16.9 Å². The first-order valence-corrected chi connectivity index (χ1v) is 7.18. The Hall–Kier alpha value is -0.610. The zero-order valence-corrected chi connectivity index (χ0v) is 12.2. The van der Waals surface area contributed by atoms with E-state index in [0.717, 1.165) is 19.3 Å². The van der Waals surface area contributed by atoms with Crippen LogP contribution in [0.4, 0.5) is 4.39 Å². The van der Waals surface area contributed by atoms with E-state index in [2.05, 4.69) is 21.2 Å². The van der Waals surface area contributed by atoms with Crippen molar-refractivity contribution in [2.75, 3.05) is 12.4 Å². The third-order valence-corrected chi connectivity index (χ3v) is 4.06. The summed E-state index contributed by atoms with van der Waals surface area (Å²) in [6.07, 6.45) is 3.07. The molecule has 0 spiro atoms. The number of benzene rings is 1. The summed E-state index contributed by atoms with van der Waals surface area (Å²) in [7, 11) is 0. The smallest absolute Gasteiger partial charge is 0.254 e. The first-order valence-electron chi connectivity index (χ1n) is 5.86. The zero-order valence-electron chi connectivity index (χ0n) is 9.81. The minimum absolute atomic E-state index is 0.0832. The third-order valence-electron chi connectivity index (χ3n) is 3.38. The zero-order chi connectivity index (χ0) is 13.2. The second kappa shape index (κ2) is 5.57. The van der Waals surface area contributed by atoms with Crippen molar-refractivity contribution >= 4 is 33.4 Å². The Morgan fingerprint density at radius 1 is 1.50 bits per heavy atom. The van der Waals surface area contributed by atoms with Crippen molar-refractivity contribution < 1.29 is 9.18 Å². The monoisotopic (exact) mass is 333 g/mol. The molecule has 1 saturated carbocycles. The van der Waals surface area contributed by atoms with E-state index >= 15 is 0 Å². The van der Waals surface area contributed by atoms with Gasteiger partial charge in [0.15, 0.2) is 0 Å². The van der Waals surface area contributed by atoms with E-state index in [1.165, 1.54) is 12.1 Å². The predicted molar refractivity (Wildman–Crippen MR) is 73.4 cm³/mol. The van der Waals surface area contributed by atoms with Gasteiger partial charge in [0.05, 0.1) is 5.56 Å². The molecule has 0 radical (unpaired) electrons. The highest BCUT2D eigenvalue weighted by Gasteiger charge is 2.41. The SMILES string of the molecule is O=C(NCC1(CCCl)CC1)c1ccc(Br)cc1F. The summed E-state index contributed by atoms with van der Waals surface area (Å²) in [6, 6.07) is 4.43. The van der Waals surface area contributed by atoms with Gasteiger partial charge in [0.1, 0.15) is 5.82 Å². The van der Waals surface area contributed by atoms with Crippen LogP contribution in [0.15, 0.2) is 22.7 Å². The van der Waals surface area contributed by atoms with E-state index in [1.807, 2.05) is 0 Å². The van der Waals surface area contributed by atoms with Gasteiger partial charge in [0.2, 0.25) is 0 Å². The van der Waals surface area contributed by atoms with E-state index < -0.39 is 5.82 Å². The van der Waals surface area contributed by atoms with Gasteiger partial charge in [0, 0.05) is 16.9 Å². The molecule has 2 nitrogen and oxygen atoms in total. The molecule has 1 amide bonds. The standard InChI is InChI=1S/C13H14BrClFNO/c14-9-1-2-10(11(16)7-9)12(18)17-8-13(3-4-13)5-6-15/h1-2,7H,3-6,8H2,(H,17,18). The summed E-state index contributed by atoms with van der Waals surface area (Å²) >= 11 is 8.88. The van der Waals surface area contributed by atoms with Gasteiger partial charge in [-0.3, -0.25) is 4.79 Å². The average Bonchev–Trinajstić information content (AvgIpc) is 3.07. The molecule has 2 rings (SSSR count). The molecule has 1 aliphatic carbocycles. The van der Waals surface area contributed by atoms with Crippen LogP contribution in [0, 0.1) is 11.2 Å². The normalized spacial score (nSPS) is 16.4. The number of carbonyl (C=O) groups excluding carboxylic acids is 1. The number of amides is 1. The lowest BCUT2D eigenvalue weighted by Gasteiger charge is -2.14. The maximum absolute atomic E-state index is 13.6. The Balaban J connectivity index is 1.96. The largest absolute Gasteiger partial charge is 0.351 e. The van der Waals surface area contributed by atoms with Gasteiger partial charge in [-0.05, 0) is 42.9 Å². The Labute approximate surface area is 119 Å². The summed E-state index contributed by atoms with van der Waals surface area (Å²) < 4.78 is 14.2. The van der Waals surface area contributed by atoms with Crippen molar-refractivity contribution in [1.82, 2.24) is 5.32 Å². The van der Waals surface area contributed by atoms with Crippen LogP contribution < -0.4 is 5.32 Å². The first kappa shape index (κ1) is 13.8. The molecule has 0 bridgehead atoms. The van der Waals surface area contributed by atoms with Crippen molar-refractivity contribution in [2.24, 2.45) is 5.41 Å². The molecule has 0 unspecified atom stereocenters. The quantitative estimate of drug-likeness (QED) is 0.817. The maximum atomic E-state index is 13.6. The number of nitrogens with one attached hydrogen (secondary N) is 1. The molecule has 0 atom stereocenters. The highest BCUT2D eigenvalue weighted by molar-refractivity contribution is 9.10. The lowest BCUT2D eigenvalue weighted by molar-refractivity contribution is 0.0940. The Bertz CT molecular complexity index is 462. The van der Waals surface area contributed by atoms with Crippen molar-refractivity contribution in [1.29, 1.82) is 0 Å². The topological polar surface area (TPSA) is 29.1 Å².